The third-order valence-corrected chi connectivity index (χ3v) is 22.6. The van der Waals surface area contributed by atoms with Gasteiger partial charge in [0, 0.05) is 78.4 Å². The van der Waals surface area contributed by atoms with Gasteiger partial charge in [-0.15, -0.1) is 0 Å². The zero-order valence-electron chi connectivity index (χ0n) is 63.4. The van der Waals surface area contributed by atoms with Crippen molar-refractivity contribution in [2.24, 2.45) is 0 Å². The van der Waals surface area contributed by atoms with Gasteiger partial charge in [-0.2, -0.15) is 0 Å². The maximum absolute atomic E-state index is 11.1. The number of benzene rings is 15. The van der Waals surface area contributed by atoms with E-state index in [1.807, 2.05) is 18.2 Å². The molecule has 2 heterocycles. The number of fused-ring (bicyclic) bond motifs is 11. The Kier molecular flexibility index (Phi) is 18.6. The number of aromatic amines is 1. The maximum atomic E-state index is 11.1. The first-order valence-corrected chi connectivity index (χ1v) is 37.8. The second-order valence-corrected chi connectivity index (χ2v) is 30.3. The molecule has 8 heteroatoms. The quantitative estimate of drug-likeness (QED) is 0.120. The Balaban J connectivity index is 0.000000141. The van der Waals surface area contributed by atoms with Crippen LogP contribution in [-0.4, -0.2) is 15.0 Å². The van der Waals surface area contributed by atoms with Crippen LogP contribution in [-0.2, 0) is 16.2 Å². The van der Waals surface area contributed by atoms with Crippen LogP contribution in [0.5, 0.6) is 5.75 Å². The Morgan fingerprint density at radius 2 is 0.631 bits per heavy atom. The standard InChI is InChI=1S/C51H40N2.C43H33N3.C9H7NO.Li/c1-51(2)47-26-16-15-25-46(47)50-48(51)35-45(52(41-21-11-5-12-22-41)43-31-27-39(28-32-43)37-17-7-3-8-18-37)36-49(50)53(42-23-13-6-14-24-42)44-33-29-40(30-34-44)38-19-9-4-10-20-38;1-42(2)35-15-9-7-13-31(35)33-21-19-29(24-37(33)42)40-44-39(28-18-17-26-11-5-6-12-27(26)23-28)45-41(46-40)30-20-22-34-32-14-8-10-16-36(32)43(3,4)38(34)25-30;11-8-5-1-3-7-4-2-6-10-9(7)8;/h3-36H,1-2H3;5-25H,1-4H3;1-6,11H;/q;;;+1. The SMILES string of the molecule is CC1(C)c2ccccc2-c2c(N(c3ccccc3)c3ccc(-c4ccccc4)cc3)cc(N(c3ccccc3)c3ccc(-c4ccccc4)cc3)cc21.CC1(C)c2ccccc2-c2ccc(-c3nc(-c4ccc5c(c4)C(C)(C)c4ccccc4-5)nc(-c4ccc5ccccc5c4)n3)cc21.[Li+].[O-]c1cccc2ccc[nH+]c12. The normalized spacial score (nSPS) is 13.1. The van der Waals surface area contributed by atoms with Gasteiger partial charge >= 0.3 is 18.9 Å². The van der Waals surface area contributed by atoms with Crippen LogP contribution in [0, 0.1) is 0 Å². The summed E-state index contributed by atoms with van der Waals surface area (Å²) in [6, 6.07) is 129. The fourth-order valence-corrected chi connectivity index (χ4v) is 16.9. The predicted octanol–water partition coefficient (Wildman–Crippen LogP) is 22.6. The fraction of sp³-hybridized carbons (Fsp3) is 0.0874. The van der Waals surface area contributed by atoms with Gasteiger partial charge in [0.1, 0.15) is 0 Å². The van der Waals surface area contributed by atoms with E-state index < -0.39 is 0 Å². The molecule has 0 unspecified atom stereocenters. The van der Waals surface area contributed by atoms with E-state index >= 15 is 0 Å². The summed E-state index contributed by atoms with van der Waals surface area (Å²) in [5.74, 6) is 2.09. The molecule has 0 spiro atoms. The number of pyridine rings is 1. The molecule has 3 aliphatic carbocycles. The summed E-state index contributed by atoms with van der Waals surface area (Å²) in [5.41, 5.74) is 30.5. The molecule has 111 heavy (non-hydrogen) atoms. The van der Waals surface area contributed by atoms with Crippen molar-refractivity contribution < 1.29 is 29.0 Å². The molecule has 528 valence electrons. The predicted molar refractivity (Wildman–Crippen MR) is 453 cm³/mol. The van der Waals surface area contributed by atoms with Gasteiger partial charge in [0.05, 0.1) is 5.69 Å². The van der Waals surface area contributed by atoms with Gasteiger partial charge in [0.2, 0.25) is 5.52 Å². The van der Waals surface area contributed by atoms with E-state index in [1.54, 1.807) is 18.3 Å². The first-order chi connectivity index (χ1) is 53.7. The number of nitrogens with one attached hydrogen (secondary N) is 1. The van der Waals surface area contributed by atoms with Crippen molar-refractivity contribution >= 4 is 55.8 Å². The largest absolute Gasteiger partial charge is 1.00 e. The van der Waals surface area contributed by atoms with Crippen molar-refractivity contribution in [3.63, 3.8) is 0 Å². The summed E-state index contributed by atoms with van der Waals surface area (Å²) in [6.07, 6.45) is 1.75. The van der Waals surface area contributed by atoms with Crippen LogP contribution in [0.2, 0.25) is 0 Å². The number of hydrogen-bond acceptors (Lipinski definition) is 6. The smallest absolute Gasteiger partial charge is 0.868 e. The van der Waals surface area contributed by atoms with Crippen LogP contribution < -0.4 is 38.8 Å². The Morgan fingerprint density at radius 3 is 1.15 bits per heavy atom. The molecule has 20 rings (SSSR count). The molecule has 3 aliphatic rings. The Bertz CT molecular complexity index is 6190. The monoisotopic (exact) mass is 1420 g/mol. The van der Waals surface area contributed by atoms with Crippen LogP contribution >= 0.6 is 0 Å². The molecular weight excluding hydrogens is 1340 g/mol. The van der Waals surface area contributed by atoms with Crippen LogP contribution in [0.25, 0.3) is 111 Å². The molecule has 17 aromatic rings. The van der Waals surface area contributed by atoms with Crippen molar-refractivity contribution in [2.75, 3.05) is 9.80 Å². The minimum absolute atomic E-state index is 0. The molecule has 1 N–H and O–H groups in total. The van der Waals surface area contributed by atoms with E-state index in [1.165, 1.54) is 94.4 Å². The van der Waals surface area contributed by atoms with E-state index in [4.69, 9.17) is 15.0 Å². The summed E-state index contributed by atoms with van der Waals surface area (Å²) in [6.45, 7) is 14.0. The second-order valence-electron chi connectivity index (χ2n) is 30.3. The molecule has 0 saturated heterocycles. The van der Waals surface area contributed by atoms with Crippen molar-refractivity contribution in [3.8, 4) is 95.5 Å². The second kappa shape index (κ2) is 29.2. The van der Waals surface area contributed by atoms with Gasteiger partial charge in [-0.05, 0) is 191 Å². The molecule has 15 aromatic carbocycles. The van der Waals surface area contributed by atoms with Gasteiger partial charge in [-0.3, -0.25) is 0 Å². The van der Waals surface area contributed by atoms with Gasteiger partial charge in [-0.25, -0.2) is 19.9 Å². The molecule has 0 atom stereocenters. The Labute approximate surface area is 661 Å². The first-order valence-electron chi connectivity index (χ1n) is 37.8. The summed E-state index contributed by atoms with van der Waals surface area (Å²) < 4.78 is 0. The average molecular weight is 1420 g/mol. The first kappa shape index (κ1) is 70.9. The van der Waals surface area contributed by atoms with E-state index in [2.05, 4.69) is 390 Å². The number of anilines is 6. The number of H-pyrrole nitrogens is 1. The molecule has 7 nitrogen and oxygen atoms in total. The number of aromatic nitrogens is 4. The minimum Gasteiger partial charge on any atom is -0.868 e. The molecule has 2 aromatic heterocycles. The van der Waals surface area contributed by atoms with Crippen LogP contribution in [0.4, 0.5) is 34.1 Å². The van der Waals surface area contributed by atoms with E-state index in [9.17, 15) is 5.11 Å². The van der Waals surface area contributed by atoms with E-state index in [0.717, 1.165) is 61.6 Å². The van der Waals surface area contributed by atoms with Crippen molar-refractivity contribution in [3.05, 3.63) is 404 Å². The summed E-state index contributed by atoms with van der Waals surface area (Å²) in [4.78, 5) is 23.2. The van der Waals surface area contributed by atoms with Gasteiger partial charge < -0.3 is 14.9 Å². The van der Waals surface area contributed by atoms with E-state index in [0.29, 0.717) is 23.0 Å². The third-order valence-electron chi connectivity index (χ3n) is 22.6. The molecular formula is C103H80LiN6O+. The third kappa shape index (κ3) is 13.0. The summed E-state index contributed by atoms with van der Waals surface area (Å²) in [5, 5.41) is 14.5. The number of rotatable bonds is 11. The van der Waals surface area contributed by atoms with Gasteiger partial charge in [-0.1, -0.05) is 308 Å². The zero-order chi connectivity index (χ0) is 74.7. The number of hydrogen-bond donors (Lipinski definition) is 0. The van der Waals surface area contributed by atoms with Crippen LogP contribution in [0.1, 0.15) is 74.9 Å². The van der Waals surface area contributed by atoms with Gasteiger partial charge in [0.25, 0.3) is 0 Å². The average Bonchev–Trinajstić information content (AvgIpc) is 1.58. The number of para-hydroxylation sites is 3. The summed E-state index contributed by atoms with van der Waals surface area (Å²) >= 11 is 0. The van der Waals surface area contributed by atoms with E-state index in [-0.39, 0.29) is 40.9 Å². The molecule has 0 fully saturated rings. The molecule has 0 radical (unpaired) electrons. The number of nitrogens with zero attached hydrogens (tertiary/aromatic N) is 5. The topological polar surface area (TPSA) is 82.4 Å². The summed E-state index contributed by atoms with van der Waals surface area (Å²) in [7, 11) is 0. The molecule has 0 amide bonds. The minimum atomic E-state index is -0.213. The van der Waals surface area contributed by atoms with Crippen LogP contribution in [0.3, 0.4) is 0 Å². The fourth-order valence-electron chi connectivity index (χ4n) is 16.9. The van der Waals surface area contributed by atoms with Crippen molar-refractivity contribution in [2.45, 2.75) is 57.8 Å². The molecule has 0 saturated carbocycles. The maximum Gasteiger partial charge on any atom is 1.00 e. The van der Waals surface area contributed by atoms with Gasteiger partial charge in [0.15, 0.2) is 23.7 Å². The van der Waals surface area contributed by atoms with Crippen LogP contribution in [0.15, 0.2) is 370 Å². The Hall–Kier alpha value is -13.0. The van der Waals surface area contributed by atoms with Crippen molar-refractivity contribution in [1.29, 1.82) is 0 Å². The Morgan fingerprint density at radius 1 is 0.261 bits per heavy atom. The molecule has 0 bridgehead atoms. The zero-order valence-corrected chi connectivity index (χ0v) is 63.4. The molecule has 0 aliphatic heterocycles. The van der Waals surface area contributed by atoms with Crippen molar-refractivity contribution in [1.82, 2.24) is 15.0 Å².